The van der Waals surface area contributed by atoms with Gasteiger partial charge in [-0.15, -0.1) is 0 Å². The topological polar surface area (TPSA) is 59.0 Å². The van der Waals surface area contributed by atoms with Crippen molar-refractivity contribution in [1.82, 2.24) is 4.90 Å². The fourth-order valence-corrected chi connectivity index (χ4v) is 2.52. The van der Waals surface area contributed by atoms with Crippen molar-refractivity contribution in [2.45, 2.75) is 57.7 Å². The molecule has 0 unspecified atom stereocenters. The van der Waals surface area contributed by atoms with Gasteiger partial charge in [-0.25, -0.2) is 4.79 Å². The summed E-state index contributed by atoms with van der Waals surface area (Å²) in [7, 11) is 2.07. The lowest BCUT2D eigenvalue weighted by atomic mass is 9.79. The third-order valence-corrected chi connectivity index (χ3v) is 3.61. The van der Waals surface area contributed by atoms with Crippen LogP contribution < -0.4 is 0 Å². The van der Waals surface area contributed by atoms with Crippen molar-refractivity contribution >= 4 is 6.16 Å². The van der Waals surface area contributed by atoms with Crippen molar-refractivity contribution in [2.75, 3.05) is 7.05 Å². The van der Waals surface area contributed by atoms with Crippen LogP contribution in [0.15, 0.2) is 0 Å². The number of rotatable bonds is 1. The van der Waals surface area contributed by atoms with Crippen LogP contribution in [0.25, 0.3) is 0 Å². The van der Waals surface area contributed by atoms with Crippen LogP contribution in [0.4, 0.5) is 4.79 Å². The Kier molecular flexibility index (Phi) is 3.50. The molecule has 5 heteroatoms. The van der Waals surface area contributed by atoms with E-state index in [0.29, 0.717) is 0 Å². The highest BCUT2D eigenvalue weighted by Crippen LogP contribution is 2.38. The van der Waals surface area contributed by atoms with E-state index in [9.17, 15) is 4.79 Å². The second-order valence-corrected chi connectivity index (χ2v) is 5.67. The molecule has 0 amide bonds. The molecule has 5 nitrogen and oxygen atoms in total. The number of hydrogen-bond acceptors (Lipinski definition) is 5. The first-order valence-electron chi connectivity index (χ1n) is 5.45. The molecule has 0 saturated carbocycles. The number of ether oxygens (including phenoxy) is 1. The summed E-state index contributed by atoms with van der Waals surface area (Å²) in [4.78, 5) is 16.7. The van der Waals surface area contributed by atoms with E-state index in [2.05, 4.69) is 44.5 Å². The molecule has 0 aliphatic carbocycles. The summed E-state index contributed by atoms with van der Waals surface area (Å²) in [5.41, 5.74) is -0.107. The molecule has 0 radical (unpaired) electrons. The number of piperidine rings is 1. The Morgan fingerprint density at radius 3 is 2.06 bits per heavy atom. The summed E-state index contributed by atoms with van der Waals surface area (Å²) in [6.45, 7) is 8.42. The first-order chi connectivity index (χ1) is 7.19. The number of nitrogens with zero attached hydrogens (tertiary/aromatic N) is 1. The average Bonchev–Trinajstić information content (AvgIpc) is 2.13. The van der Waals surface area contributed by atoms with E-state index >= 15 is 0 Å². The zero-order valence-electron chi connectivity index (χ0n) is 10.6. The molecular formula is C11H21NO4. The van der Waals surface area contributed by atoms with Crippen molar-refractivity contribution in [3.05, 3.63) is 0 Å². The van der Waals surface area contributed by atoms with Crippen LogP contribution in [0.5, 0.6) is 0 Å². The SMILES string of the molecule is CN1C(C)(C)CC(OC(=O)OO)CC1(C)C. The molecule has 0 aromatic rings. The average molecular weight is 231 g/mol. The van der Waals surface area contributed by atoms with Gasteiger partial charge in [0.05, 0.1) is 0 Å². The minimum absolute atomic E-state index is 0.0534. The van der Waals surface area contributed by atoms with Gasteiger partial charge in [0.25, 0.3) is 0 Å². The largest absolute Gasteiger partial charge is 0.540 e. The van der Waals surface area contributed by atoms with Crippen molar-refractivity contribution in [3.8, 4) is 0 Å². The molecule has 0 aromatic carbocycles. The highest BCUT2D eigenvalue weighted by atomic mass is 17.1. The van der Waals surface area contributed by atoms with E-state index < -0.39 is 6.16 Å². The first-order valence-corrected chi connectivity index (χ1v) is 5.45. The maximum atomic E-state index is 10.9. The second kappa shape index (κ2) is 4.22. The fourth-order valence-electron chi connectivity index (χ4n) is 2.52. The van der Waals surface area contributed by atoms with Gasteiger partial charge in [0.2, 0.25) is 0 Å². The summed E-state index contributed by atoms with van der Waals surface area (Å²) < 4.78 is 5.02. The van der Waals surface area contributed by atoms with E-state index in [4.69, 9.17) is 9.99 Å². The first kappa shape index (κ1) is 13.3. The van der Waals surface area contributed by atoms with Crippen LogP contribution in [0.1, 0.15) is 40.5 Å². The molecule has 0 aromatic heterocycles. The van der Waals surface area contributed by atoms with Gasteiger partial charge >= 0.3 is 6.16 Å². The van der Waals surface area contributed by atoms with Gasteiger partial charge in [0.1, 0.15) is 6.10 Å². The summed E-state index contributed by atoms with van der Waals surface area (Å²) in [6.07, 6.45) is 0.200. The summed E-state index contributed by atoms with van der Waals surface area (Å²) in [5, 5.41) is 8.19. The third-order valence-electron chi connectivity index (χ3n) is 3.61. The fraction of sp³-hybridized carbons (Fsp3) is 0.909. The van der Waals surface area contributed by atoms with Crippen LogP contribution in [0, 0.1) is 0 Å². The van der Waals surface area contributed by atoms with Crippen molar-refractivity contribution in [3.63, 3.8) is 0 Å². The molecule has 0 spiro atoms. The van der Waals surface area contributed by atoms with Gasteiger partial charge in [-0.3, -0.25) is 9.79 Å². The molecule has 16 heavy (non-hydrogen) atoms. The second-order valence-electron chi connectivity index (χ2n) is 5.67. The minimum Gasteiger partial charge on any atom is -0.429 e. The molecule has 1 heterocycles. The normalized spacial score (nSPS) is 25.1. The Morgan fingerprint density at radius 1 is 1.25 bits per heavy atom. The van der Waals surface area contributed by atoms with Crippen molar-refractivity contribution in [2.24, 2.45) is 0 Å². The molecule has 0 bridgehead atoms. The number of likely N-dealkylation sites (tertiary alicyclic amines) is 1. The standard InChI is InChI=1S/C11H21NO4/c1-10(2)6-8(15-9(13)16-14)7-11(3,4)12(10)5/h8,14H,6-7H2,1-5H3. The number of hydrogen-bond donors (Lipinski definition) is 1. The Hall–Kier alpha value is -0.810. The Labute approximate surface area is 96.3 Å². The molecule has 1 rings (SSSR count). The van der Waals surface area contributed by atoms with E-state index in [1.807, 2.05) is 0 Å². The van der Waals surface area contributed by atoms with E-state index in [1.54, 1.807) is 0 Å². The van der Waals surface area contributed by atoms with E-state index in [1.165, 1.54) is 0 Å². The van der Waals surface area contributed by atoms with E-state index in [-0.39, 0.29) is 17.2 Å². The number of carbonyl (C=O) groups excluding carboxylic acids is 1. The van der Waals surface area contributed by atoms with Crippen molar-refractivity contribution < 1.29 is 19.7 Å². The van der Waals surface area contributed by atoms with Crippen LogP contribution in [0.2, 0.25) is 0 Å². The molecule has 0 atom stereocenters. The quantitative estimate of drug-likeness (QED) is 0.426. The predicted molar refractivity (Wildman–Crippen MR) is 59.1 cm³/mol. The molecule has 1 aliphatic heterocycles. The van der Waals surface area contributed by atoms with Crippen LogP contribution in [-0.4, -0.2) is 40.5 Å². The zero-order valence-corrected chi connectivity index (χ0v) is 10.6. The van der Waals surface area contributed by atoms with Gasteiger partial charge in [-0.2, -0.15) is 5.26 Å². The van der Waals surface area contributed by atoms with Gasteiger partial charge in [-0.05, 0) is 34.7 Å². The van der Waals surface area contributed by atoms with Crippen LogP contribution >= 0.6 is 0 Å². The van der Waals surface area contributed by atoms with Gasteiger partial charge in [0, 0.05) is 23.9 Å². The lowest BCUT2D eigenvalue weighted by Crippen LogP contribution is -2.60. The third kappa shape index (κ3) is 2.65. The summed E-state index contributed by atoms with van der Waals surface area (Å²) in [6, 6.07) is 0. The van der Waals surface area contributed by atoms with Gasteiger partial charge in [-0.1, -0.05) is 0 Å². The summed E-state index contributed by atoms with van der Waals surface area (Å²) in [5.74, 6) is 0. The number of carbonyl (C=O) groups is 1. The Bertz CT molecular complexity index is 257. The molecule has 94 valence electrons. The molecule has 1 fully saturated rings. The lowest BCUT2D eigenvalue weighted by molar-refractivity contribution is -0.210. The maximum absolute atomic E-state index is 10.9. The highest BCUT2D eigenvalue weighted by Gasteiger charge is 2.44. The molecule has 1 aliphatic rings. The monoisotopic (exact) mass is 231 g/mol. The zero-order chi connectivity index (χ0) is 12.6. The smallest absolute Gasteiger partial charge is 0.429 e. The van der Waals surface area contributed by atoms with Crippen LogP contribution in [-0.2, 0) is 9.62 Å². The highest BCUT2D eigenvalue weighted by molar-refractivity contribution is 5.59. The predicted octanol–water partition coefficient (Wildman–Crippen LogP) is 2.26. The molecule has 1 N–H and O–H groups in total. The van der Waals surface area contributed by atoms with E-state index in [0.717, 1.165) is 12.8 Å². The Balaban J connectivity index is 2.75. The minimum atomic E-state index is -1.03. The van der Waals surface area contributed by atoms with Gasteiger partial charge in [0.15, 0.2) is 0 Å². The lowest BCUT2D eigenvalue weighted by Gasteiger charge is -2.52. The summed E-state index contributed by atoms with van der Waals surface area (Å²) >= 11 is 0. The van der Waals surface area contributed by atoms with Gasteiger partial charge < -0.3 is 4.74 Å². The maximum Gasteiger partial charge on any atom is 0.540 e. The van der Waals surface area contributed by atoms with Crippen molar-refractivity contribution in [1.29, 1.82) is 0 Å². The molecule has 1 saturated heterocycles. The molecular weight excluding hydrogens is 210 g/mol. The Morgan fingerprint density at radius 2 is 1.69 bits per heavy atom. The van der Waals surface area contributed by atoms with Crippen LogP contribution in [0.3, 0.4) is 0 Å².